The number of hydrogen-bond acceptors (Lipinski definition) is 6. The maximum atomic E-state index is 13.0. The van der Waals surface area contributed by atoms with Crippen molar-refractivity contribution in [2.45, 2.75) is 44.8 Å². The van der Waals surface area contributed by atoms with E-state index in [1.807, 2.05) is 25.1 Å². The topological polar surface area (TPSA) is 95.3 Å². The van der Waals surface area contributed by atoms with Gasteiger partial charge in [0.2, 0.25) is 11.7 Å². The molecule has 3 rings (SSSR count). The highest BCUT2D eigenvalue weighted by Gasteiger charge is 2.38. The van der Waals surface area contributed by atoms with Crippen LogP contribution in [0.15, 0.2) is 22.7 Å². The van der Waals surface area contributed by atoms with Crippen molar-refractivity contribution >= 4 is 23.5 Å². The van der Waals surface area contributed by atoms with Crippen LogP contribution in [0.4, 0.5) is 35.4 Å². The predicted octanol–water partition coefficient (Wildman–Crippen LogP) is 4.26. The molecule has 0 radical (unpaired) electrons. The van der Waals surface area contributed by atoms with E-state index in [4.69, 9.17) is 0 Å². The Kier molecular flexibility index (Phi) is 6.91. The van der Waals surface area contributed by atoms with Gasteiger partial charge in [0.1, 0.15) is 11.6 Å². The molecule has 31 heavy (non-hydrogen) atoms. The molecule has 1 aliphatic carbocycles. The summed E-state index contributed by atoms with van der Waals surface area (Å²) >= 11 is 0. The number of carbonyl (C=O) groups is 1. The van der Waals surface area contributed by atoms with E-state index in [-0.39, 0.29) is 23.4 Å². The first-order valence-corrected chi connectivity index (χ1v) is 10.1. The van der Waals surface area contributed by atoms with Crippen LogP contribution >= 0.6 is 0 Å². The van der Waals surface area contributed by atoms with Crippen molar-refractivity contribution in [1.29, 1.82) is 0 Å². The molecule has 8 nitrogen and oxygen atoms in total. The fourth-order valence-corrected chi connectivity index (χ4v) is 3.58. The third-order valence-electron chi connectivity index (χ3n) is 5.19. The molecule has 11 heteroatoms. The second-order valence-corrected chi connectivity index (χ2v) is 7.93. The van der Waals surface area contributed by atoms with Crippen molar-refractivity contribution < 1.29 is 22.4 Å². The average molecular weight is 440 g/mol. The lowest BCUT2D eigenvalue weighted by atomic mass is 9.86. The minimum atomic E-state index is -4.67. The minimum absolute atomic E-state index is 0.0774. The first-order chi connectivity index (χ1) is 14.6. The number of nitrogens with zero attached hydrogens (tertiary/aromatic N) is 3. The molecular formula is C20H27F3N6O2. The number of urea groups is 1. The molecule has 1 aliphatic rings. The van der Waals surface area contributed by atoms with Crippen molar-refractivity contribution in [2.24, 2.45) is 5.92 Å². The van der Waals surface area contributed by atoms with Gasteiger partial charge in [-0.3, -0.25) is 0 Å². The Labute approximate surface area is 178 Å². The number of halogens is 3. The molecule has 2 amide bonds. The van der Waals surface area contributed by atoms with Crippen LogP contribution in [0.2, 0.25) is 0 Å². The number of furan rings is 1. The average Bonchev–Trinajstić information content (AvgIpc) is 3.08. The van der Waals surface area contributed by atoms with Crippen molar-refractivity contribution in [3.8, 4) is 0 Å². The molecular weight excluding hydrogens is 413 g/mol. The highest BCUT2D eigenvalue weighted by atomic mass is 19.4. The molecule has 0 atom stereocenters. The second-order valence-electron chi connectivity index (χ2n) is 7.93. The molecule has 0 aromatic carbocycles. The van der Waals surface area contributed by atoms with E-state index in [1.165, 1.54) is 6.92 Å². The number of rotatable bonds is 6. The summed E-state index contributed by atoms with van der Waals surface area (Å²) in [5, 5.41) is 8.25. The van der Waals surface area contributed by atoms with Crippen LogP contribution < -0.4 is 20.9 Å². The first kappa shape index (κ1) is 22.7. The summed E-state index contributed by atoms with van der Waals surface area (Å²) in [5.74, 6) is 0.540. The molecule has 2 heterocycles. The Hall–Kier alpha value is -2.98. The van der Waals surface area contributed by atoms with Gasteiger partial charge in [-0.25, -0.2) is 9.78 Å². The molecule has 2 aromatic heterocycles. The molecule has 170 valence electrons. The van der Waals surface area contributed by atoms with Crippen LogP contribution in [0.1, 0.15) is 37.2 Å². The summed E-state index contributed by atoms with van der Waals surface area (Å²) in [7, 11) is 3.83. The van der Waals surface area contributed by atoms with Crippen LogP contribution in [-0.4, -0.2) is 42.7 Å². The number of amides is 2. The monoisotopic (exact) mass is 440 g/mol. The normalized spacial score (nSPS) is 19.0. The third-order valence-corrected chi connectivity index (χ3v) is 5.19. The minimum Gasteiger partial charge on any atom is -0.455 e. The summed E-state index contributed by atoms with van der Waals surface area (Å²) in [5.41, 5.74) is -0.379. The molecule has 3 N–H and O–H groups in total. The van der Waals surface area contributed by atoms with Crippen molar-refractivity contribution in [3.05, 3.63) is 29.9 Å². The fraction of sp³-hybridized carbons (Fsp3) is 0.550. The van der Waals surface area contributed by atoms with Crippen LogP contribution in [0, 0.1) is 12.8 Å². The third kappa shape index (κ3) is 6.25. The number of hydrogen-bond donors (Lipinski definition) is 3. The van der Waals surface area contributed by atoms with Crippen LogP contribution in [0.3, 0.4) is 0 Å². The molecule has 0 bridgehead atoms. The Morgan fingerprint density at radius 3 is 2.61 bits per heavy atom. The maximum Gasteiger partial charge on any atom is 0.451 e. The Morgan fingerprint density at radius 1 is 1.26 bits per heavy atom. The lowest BCUT2D eigenvalue weighted by Crippen LogP contribution is -2.36. The van der Waals surface area contributed by atoms with Crippen LogP contribution in [0.5, 0.6) is 0 Å². The number of alkyl halides is 3. The smallest absolute Gasteiger partial charge is 0.451 e. The highest BCUT2D eigenvalue weighted by molar-refractivity contribution is 5.90. The van der Waals surface area contributed by atoms with Gasteiger partial charge >= 0.3 is 12.2 Å². The summed E-state index contributed by atoms with van der Waals surface area (Å²) < 4.78 is 43.5. The van der Waals surface area contributed by atoms with Crippen LogP contribution in [0.25, 0.3) is 0 Å². The standard InChI is InChI=1S/C20H27F3N6O2/c1-12-10-15(17(31-12)20(21,22)23)27-19(30)25-11-13-4-6-14(7-5-13)26-18-24-9-8-16(28-18)29(2)3/h8-10,13-14H,4-7,11H2,1-3H3,(H,24,26,28)(H2,25,27,30)/t13-,14+. The van der Waals surface area contributed by atoms with Crippen molar-refractivity contribution in [3.63, 3.8) is 0 Å². The number of carbonyl (C=O) groups excluding carboxylic acids is 1. The zero-order valence-electron chi connectivity index (χ0n) is 17.7. The van der Waals surface area contributed by atoms with E-state index in [0.29, 0.717) is 12.5 Å². The summed E-state index contributed by atoms with van der Waals surface area (Å²) in [6.45, 7) is 1.79. The molecule has 1 fully saturated rings. The van der Waals surface area contributed by atoms with Gasteiger partial charge in [0.05, 0.1) is 5.69 Å². The Bertz CT molecular complexity index is 891. The fourth-order valence-electron chi connectivity index (χ4n) is 3.58. The van der Waals surface area contributed by atoms with Crippen LogP contribution in [-0.2, 0) is 6.18 Å². The van der Waals surface area contributed by atoms with Gasteiger partial charge in [0.15, 0.2) is 0 Å². The molecule has 0 saturated heterocycles. The molecule has 1 saturated carbocycles. The molecule has 0 spiro atoms. The SMILES string of the molecule is Cc1cc(NC(=O)NC[C@H]2CC[C@@H](Nc3nccc(N(C)C)n3)CC2)c(C(F)(F)F)o1. The zero-order chi connectivity index (χ0) is 22.6. The summed E-state index contributed by atoms with van der Waals surface area (Å²) in [6, 6.07) is 2.56. The van der Waals surface area contributed by atoms with E-state index in [0.717, 1.165) is 37.6 Å². The number of aryl methyl sites for hydroxylation is 1. The van der Waals surface area contributed by atoms with E-state index in [9.17, 15) is 18.0 Å². The number of aromatic nitrogens is 2. The maximum absolute atomic E-state index is 13.0. The summed E-state index contributed by atoms with van der Waals surface area (Å²) in [6.07, 6.45) is 0.585. The highest BCUT2D eigenvalue weighted by Crippen LogP contribution is 2.37. The van der Waals surface area contributed by atoms with E-state index in [2.05, 4.69) is 30.3 Å². The van der Waals surface area contributed by atoms with E-state index in [1.54, 1.807) is 6.20 Å². The molecule has 2 aromatic rings. The van der Waals surface area contributed by atoms with Gasteiger partial charge in [0.25, 0.3) is 0 Å². The molecule has 0 aliphatic heterocycles. The van der Waals surface area contributed by atoms with Gasteiger partial charge in [-0.05, 0) is 44.6 Å². The summed E-state index contributed by atoms with van der Waals surface area (Å²) in [4.78, 5) is 22.7. The first-order valence-electron chi connectivity index (χ1n) is 10.1. The van der Waals surface area contributed by atoms with Crippen molar-refractivity contribution in [1.82, 2.24) is 15.3 Å². The van der Waals surface area contributed by atoms with E-state index < -0.39 is 18.0 Å². The van der Waals surface area contributed by atoms with Crippen molar-refractivity contribution in [2.75, 3.05) is 36.2 Å². The predicted molar refractivity (Wildman–Crippen MR) is 111 cm³/mol. The quantitative estimate of drug-likeness (QED) is 0.622. The van der Waals surface area contributed by atoms with Gasteiger partial charge in [-0.2, -0.15) is 18.2 Å². The largest absolute Gasteiger partial charge is 0.455 e. The second kappa shape index (κ2) is 9.44. The van der Waals surface area contributed by atoms with Gasteiger partial charge < -0.3 is 25.3 Å². The zero-order valence-corrected chi connectivity index (χ0v) is 17.7. The Morgan fingerprint density at radius 2 is 1.97 bits per heavy atom. The van der Waals surface area contributed by atoms with Gasteiger partial charge in [-0.1, -0.05) is 0 Å². The van der Waals surface area contributed by atoms with Gasteiger partial charge in [0, 0.05) is 38.9 Å². The lowest BCUT2D eigenvalue weighted by molar-refractivity contribution is -0.152. The number of anilines is 3. The number of nitrogens with one attached hydrogen (secondary N) is 3. The van der Waals surface area contributed by atoms with E-state index >= 15 is 0 Å². The lowest BCUT2D eigenvalue weighted by Gasteiger charge is -2.29. The molecule has 0 unspecified atom stereocenters. The van der Waals surface area contributed by atoms with Gasteiger partial charge in [-0.15, -0.1) is 0 Å². The Balaban J connectivity index is 1.43.